The fourth-order valence-corrected chi connectivity index (χ4v) is 5.30. The molecule has 0 saturated carbocycles. The van der Waals surface area contributed by atoms with E-state index in [1.54, 1.807) is 20.0 Å². The maximum absolute atomic E-state index is 10.3. The first-order chi connectivity index (χ1) is 19.3. The lowest BCUT2D eigenvalue weighted by atomic mass is 9.98. The fraction of sp³-hybridized carbons (Fsp3) is 0.161. The smallest absolute Gasteiger partial charge is 0.130 e. The highest BCUT2D eigenvalue weighted by Gasteiger charge is 2.18. The van der Waals surface area contributed by atoms with Crippen molar-refractivity contribution in [3.8, 4) is 11.3 Å². The van der Waals surface area contributed by atoms with E-state index >= 15 is 0 Å². The van der Waals surface area contributed by atoms with Gasteiger partial charge in [0.05, 0.1) is 29.6 Å². The summed E-state index contributed by atoms with van der Waals surface area (Å²) in [6, 6.07) is 22.1. The molecule has 0 amide bonds. The van der Waals surface area contributed by atoms with Gasteiger partial charge in [-0.2, -0.15) is 5.10 Å². The number of pyridine rings is 3. The first-order valence-electron chi connectivity index (χ1n) is 13.0. The van der Waals surface area contributed by atoms with Crippen molar-refractivity contribution < 1.29 is 5.11 Å². The molecule has 0 saturated heterocycles. The summed E-state index contributed by atoms with van der Waals surface area (Å²) in [6.07, 6.45) is 7.34. The minimum atomic E-state index is -0.853. The first-order valence-corrected chi connectivity index (χ1v) is 13.8. The van der Waals surface area contributed by atoms with Crippen molar-refractivity contribution in [1.29, 1.82) is 0 Å². The minimum Gasteiger partial charge on any atom is -0.389 e. The number of nitrogens with zero attached hydrogens (tertiary/aromatic N) is 5. The average molecular weight is 548 g/mol. The average Bonchev–Trinajstić information content (AvgIpc) is 3.35. The van der Waals surface area contributed by atoms with Crippen LogP contribution >= 0.6 is 11.9 Å². The van der Waals surface area contributed by atoms with Crippen LogP contribution in [0.25, 0.3) is 32.9 Å². The topological polar surface area (TPSA) is 101 Å². The van der Waals surface area contributed by atoms with Gasteiger partial charge in [0.25, 0.3) is 0 Å². The van der Waals surface area contributed by atoms with Gasteiger partial charge in [0, 0.05) is 63.6 Å². The van der Waals surface area contributed by atoms with Gasteiger partial charge in [-0.25, -0.2) is 9.97 Å². The molecule has 0 unspecified atom stereocenters. The predicted molar refractivity (Wildman–Crippen MR) is 163 cm³/mol. The molecular weight excluding hydrogens is 518 g/mol. The molecule has 0 fully saturated rings. The Balaban J connectivity index is 1.26. The molecule has 0 radical (unpaired) electrons. The summed E-state index contributed by atoms with van der Waals surface area (Å²) in [7, 11) is 0. The zero-order valence-corrected chi connectivity index (χ0v) is 23.3. The van der Waals surface area contributed by atoms with Crippen LogP contribution in [0.1, 0.15) is 19.4 Å². The third-order valence-electron chi connectivity index (χ3n) is 6.60. The number of aryl methyl sites for hydroxylation is 1. The molecule has 2 aromatic carbocycles. The van der Waals surface area contributed by atoms with Gasteiger partial charge in [0.2, 0.25) is 0 Å². The fourth-order valence-electron chi connectivity index (χ4n) is 4.68. The summed E-state index contributed by atoms with van der Waals surface area (Å²) in [6.45, 7) is 6.09. The van der Waals surface area contributed by atoms with Gasteiger partial charge >= 0.3 is 0 Å². The summed E-state index contributed by atoms with van der Waals surface area (Å²) in [5, 5.41) is 22.2. The Morgan fingerprint density at radius 2 is 1.70 bits per heavy atom. The molecule has 9 heteroatoms. The van der Waals surface area contributed by atoms with Crippen LogP contribution in [0.3, 0.4) is 0 Å². The van der Waals surface area contributed by atoms with Gasteiger partial charge in [-0.05, 0) is 80.9 Å². The number of benzene rings is 2. The predicted octanol–water partition coefficient (Wildman–Crippen LogP) is 6.98. The first kappa shape index (κ1) is 25.8. The lowest BCUT2D eigenvalue weighted by Crippen LogP contribution is -2.26. The second-order valence-corrected chi connectivity index (χ2v) is 11.1. The molecule has 200 valence electrons. The van der Waals surface area contributed by atoms with Crippen LogP contribution in [0.2, 0.25) is 0 Å². The van der Waals surface area contributed by atoms with Crippen LogP contribution in [-0.4, -0.2) is 35.4 Å². The number of hydrogen-bond acceptors (Lipinski definition) is 8. The molecule has 6 rings (SSSR count). The monoisotopic (exact) mass is 547 g/mol. The van der Waals surface area contributed by atoms with E-state index in [0.717, 1.165) is 60.7 Å². The zero-order valence-electron chi connectivity index (χ0n) is 22.5. The van der Waals surface area contributed by atoms with Crippen LogP contribution in [0.15, 0.2) is 96.5 Å². The Hall–Kier alpha value is -4.47. The number of anilines is 3. The van der Waals surface area contributed by atoms with Crippen LogP contribution < -0.4 is 10.0 Å². The number of rotatable bonds is 8. The highest BCUT2D eigenvalue weighted by molar-refractivity contribution is 8.00. The Morgan fingerprint density at radius 1 is 0.875 bits per heavy atom. The lowest BCUT2D eigenvalue weighted by Gasteiger charge is -2.18. The number of hydrogen-bond donors (Lipinski definition) is 3. The number of fused-ring (bicyclic) bond motifs is 2. The molecule has 0 spiro atoms. The summed E-state index contributed by atoms with van der Waals surface area (Å²) in [5.74, 6) is 0.738. The highest BCUT2D eigenvalue weighted by Crippen LogP contribution is 2.34. The second kappa shape index (κ2) is 10.6. The van der Waals surface area contributed by atoms with Gasteiger partial charge in [0.15, 0.2) is 0 Å². The number of aromatic nitrogens is 5. The normalized spacial score (nSPS) is 11.7. The van der Waals surface area contributed by atoms with E-state index in [2.05, 4.69) is 44.2 Å². The zero-order chi connectivity index (χ0) is 27.7. The third-order valence-corrected chi connectivity index (χ3v) is 7.39. The van der Waals surface area contributed by atoms with Crippen molar-refractivity contribution in [1.82, 2.24) is 24.7 Å². The van der Waals surface area contributed by atoms with E-state index in [0.29, 0.717) is 6.54 Å². The lowest BCUT2D eigenvalue weighted by molar-refractivity contribution is 0.0591. The molecule has 4 heterocycles. The maximum atomic E-state index is 10.3. The molecule has 0 aliphatic rings. The van der Waals surface area contributed by atoms with Crippen LogP contribution in [0.4, 0.5) is 17.2 Å². The summed E-state index contributed by atoms with van der Waals surface area (Å²) in [4.78, 5) is 13.7. The van der Waals surface area contributed by atoms with Crippen LogP contribution in [0, 0.1) is 6.92 Å². The summed E-state index contributed by atoms with van der Waals surface area (Å²) < 4.78 is 5.17. The molecule has 0 aliphatic carbocycles. The van der Waals surface area contributed by atoms with Gasteiger partial charge < -0.3 is 15.1 Å². The van der Waals surface area contributed by atoms with Crippen molar-refractivity contribution in [2.24, 2.45) is 0 Å². The molecule has 8 nitrogen and oxygen atoms in total. The molecular formula is C31H29N7OS. The molecule has 40 heavy (non-hydrogen) atoms. The highest BCUT2D eigenvalue weighted by atomic mass is 32.2. The van der Waals surface area contributed by atoms with Gasteiger partial charge in [-0.3, -0.25) is 9.67 Å². The molecule has 6 aromatic rings. The van der Waals surface area contributed by atoms with E-state index in [1.807, 2.05) is 77.9 Å². The van der Waals surface area contributed by atoms with E-state index in [9.17, 15) is 5.11 Å². The van der Waals surface area contributed by atoms with Gasteiger partial charge in [-0.15, -0.1) is 0 Å². The van der Waals surface area contributed by atoms with Crippen molar-refractivity contribution in [3.63, 3.8) is 0 Å². The molecule has 0 aliphatic heterocycles. The number of aliphatic hydroxyl groups is 1. The maximum Gasteiger partial charge on any atom is 0.130 e. The SMILES string of the molecule is Cc1c(-c2nccc3cnc(Nc4ccc(NSc5ccccn5)cc4)cc23)ccc2c1cnn2CC(C)(C)O. The second-order valence-electron chi connectivity index (χ2n) is 10.3. The molecule has 4 aromatic heterocycles. The Kier molecular flexibility index (Phi) is 6.83. The molecule has 0 atom stereocenters. The largest absolute Gasteiger partial charge is 0.389 e. The van der Waals surface area contributed by atoms with Crippen LogP contribution in [-0.2, 0) is 6.54 Å². The van der Waals surface area contributed by atoms with Crippen molar-refractivity contribution in [2.45, 2.75) is 37.9 Å². The Labute approximate surface area is 236 Å². The van der Waals surface area contributed by atoms with E-state index in [-0.39, 0.29) is 0 Å². The van der Waals surface area contributed by atoms with Crippen molar-refractivity contribution in [3.05, 3.63) is 97.1 Å². The van der Waals surface area contributed by atoms with Gasteiger partial charge in [0.1, 0.15) is 10.8 Å². The summed E-state index contributed by atoms with van der Waals surface area (Å²) in [5.41, 5.74) is 5.08. The standard InChI is InChI=1S/C31H29N7OS/c1-20-24(11-12-27-26(20)18-35-38(27)19-31(2,3)39)30-25-16-28(34-17-21(25)13-15-33-30)36-22-7-9-23(10-8-22)37-40-29-6-4-5-14-32-29/h4-18,37,39H,19H2,1-3H3,(H,34,36). The van der Waals surface area contributed by atoms with E-state index < -0.39 is 5.60 Å². The quantitative estimate of drug-likeness (QED) is 0.175. The molecule has 3 N–H and O–H groups in total. The van der Waals surface area contributed by atoms with Crippen molar-refractivity contribution in [2.75, 3.05) is 10.0 Å². The Morgan fingerprint density at radius 3 is 2.48 bits per heavy atom. The van der Waals surface area contributed by atoms with Gasteiger partial charge in [-0.1, -0.05) is 12.1 Å². The molecule has 0 bridgehead atoms. The van der Waals surface area contributed by atoms with Crippen LogP contribution in [0.5, 0.6) is 0 Å². The minimum absolute atomic E-state index is 0.419. The van der Waals surface area contributed by atoms with Crippen molar-refractivity contribution >= 4 is 50.8 Å². The van der Waals surface area contributed by atoms with E-state index in [1.165, 1.54) is 11.9 Å². The van der Waals surface area contributed by atoms with E-state index in [4.69, 9.17) is 4.98 Å². The summed E-state index contributed by atoms with van der Waals surface area (Å²) >= 11 is 1.47. The number of nitrogens with one attached hydrogen (secondary N) is 2. The Bertz CT molecular complexity index is 1800. The third kappa shape index (κ3) is 5.47.